The Labute approximate surface area is 106 Å². The van der Waals surface area contributed by atoms with Gasteiger partial charge in [0, 0.05) is 12.8 Å². The SMILES string of the molecule is C=C/C=C(\N=C)P1C(C)(C)CC(=O)CC1(C)C. The molecule has 1 heterocycles. The Balaban J connectivity index is 3.25. The van der Waals surface area contributed by atoms with Gasteiger partial charge in [-0.15, -0.1) is 0 Å². The summed E-state index contributed by atoms with van der Waals surface area (Å²) in [6, 6.07) is 0. The topological polar surface area (TPSA) is 29.4 Å². The smallest absolute Gasteiger partial charge is 0.134 e. The van der Waals surface area contributed by atoms with Gasteiger partial charge in [0.15, 0.2) is 0 Å². The summed E-state index contributed by atoms with van der Waals surface area (Å²) in [5.74, 6) is 0.362. The van der Waals surface area contributed by atoms with Crippen molar-refractivity contribution in [2.45, 2.75) is 50.8 Å². The van der Waals surface area contributed by atoms with E-state index in [4.69, 9.17) is 0 Å². The van der Waals surface area contributed by atoms with Crippen molar-refractivity contribution in [3.63, 3.8) is 0 Å². The molecule has 0 aromatic carbocycles. The van der Waals surface area contributed by atoms with Gasteiger partial charge in [-0.1, -0.05) is 40.3 Å². The Kier molecular flexibility index (Phi) is 4.09. The van der Waals surface area contributed by atoms with E-state index in [-0.39, 0.29) is 10.3 Å². The third-order valence-electron chi connectivity index (χ3n) is 3.13. The zero-order chi connectivity index (χ0) is 13.3. The molecule has 17 heavy (non-hydrogen) atoms. The maximum atomic E-state index is 11.8. The Hall–Kier alpha value is -0.750. The van der Waals surface area contributed by atoms with Crippen LogP contribution in [0.5, 0.6) is 0 Å². The monoisotopic (exact) mass is 251 g/mol. The maximum absolute atomic E-state index is 11.8. The van der Waals surface area contributed by atoms with Crippen LogP contribution in [0, 0.1) is 0 Å². The van der Waals surface area contributed by atoms with Crippen LogP contribution in [0.4, 0.5) is 0 Å². The predicted molar refractivity (Wildman–Crippen MR) is 77.1 cm³/mol. The van der Waals surface area contributed by atoms with Gasteiger partial charge in [-0.05, 0) is 31.0 Å². The molecule has 0 atom stereocenters. The minimum absolute atomic E-state index is 0.00972. The number of carbonyl (C=O) groups is 1. The van der Waals surface area contributed by atoms with E-state index >= 15 is 0 Å². The zero-order valence-electron chi connectivity index (χ0n) is 11.3. The fraction of sp³-hybridized carbons (Fsp3) is 0.571. The molecule has 94 valence electrons. The van der Waals surface area contributed by atoms with Crippen molar-refractivity contribution < 1.29 is 4.79 Å². The fourth-order valence-electron chi connectivity index (χ4n) is 2.93. The van der Waals surface area contributed by atoms with Gasteiger partial charge >= 0.3 is 0 Å². The molecule has 1 rings (SSSR count). The lowest BCUT2D eigenvalue weighted by molar-refractivity contribution is -0.120. The summed E-state index contributed by atoms with van der Waals surface area (Å²) >= 11 is 0. The minimum atomic E-state index is -0.514. The van der Waals surface area contributed by atoms with Gasteiger partial charge in [0.05, 0.1) is 5.44 Å². The molecule has 1 aliphatic heterocycles. The second kappa shape index (κ2) is 4.86. The quantitative estimate of drug-likeness (QED) is 0.421. The lowest BCUT2D eigenvalue weighted by Gasteiger charge is -2.48. The summed E-state index contributed by atoms with van der Waals surface area (Å²) in [4.78, 5) is 16.0. The number of hydrogen-bond donors (Lipinski definition) is 0. The van der Waals surface area contributed by atoms with Gasteiger partial charge in [0.25, 0.3) is 0 Å². The fourth-order valence-corrected chi connectivity index (χ4v) is 6.87. The van der Waals surface area contributed by atoms with Crippen LogP contribution in [0.15, 0.2) is 29.2 Å². The first-order valence-corrected chi connectivity index (χ1v) is 7.20. The summed E-state index contributed by atoms with van der Waals surface area (Å²) in [6.45, 7) is 16.1. The van der Waals surface area contributed by atoms with Crippen LogP contribution in [0.25, 0.3) is 0 Å². The number of carbonyl (C=O) groups excluding carboxylic acids is 1. The average Bonchev–Trinajstić information content (AvgIpc) is 2.11. The van der Waals surface area contributed by atoms with Crippen molar-refractivity contribution >= 4 is 20.4 Å². The van der Waals surface area contributed by atoms with E-state index in [0.29, 0.717) is 18.6 Å². The van der Waals surface area contributed by atoms with Crippen molar-refractivity contribution in [2.75, 3.05) is 0 Å². The molecule has 0 aromatic heterocycles. The van der Waals surface area contributed by atoms with Gasteiger partial charge in [0.1, 0.15) is 5.78 Å². The van der Waals surface area contributed by atoms with Gasteiger partial charge < -0.3 is 0 Å². The molecule has 0 unspecified atom stereocenters. The summed E-state index contributed by atoms with van der Waals surface area (Å²) in [6.07, 6.45) is 4.99. The molecule has 0 radical (unpaired) electrons. The highest BCUT2D eigenvalue weighted by atomic mass is 31.1. The normalized spacial score (nSPS) is 24.5. The van der Waals surface area contributed by atoms with E-state index < -0.39 is 7.92 Å². The second-order valence-corrected chi connectivity index (χ2v) is 9.32. The highest BCUT2D eigenvalue weighted by Crippen LogP contribution is 2.69. The molecular weight excluding hydrogens is 229 g/mol. The molecule has 1 aliphatic rings. The largest absolute Gasteiger partial charge is 0.300 e. The summed E-state index contributed by atoms with van der Waals surface area (Å²) < 4.78 is 0. The van der Waals surface area contributed by atoms with E-state index in [1.807, 2.05) is 6.08 Å². The van der Waals surface area contributed by atoms with Crippen molar-refractivity contribution in [1.29, 1.82) is 0 Å². The molecule has 0 N–H and O–H groups in total. The van der Waals surface area contributed by atoms with Crippen LogP contribution in [0.1, 0.15) is 40.5 Å². The molecule has 2 nitrogen and oxygen atoms in total. The zero-order valence-corrected chi connectivity index (χ0v) is 12.2. The lowest BCUT2D eigenvalue weighted by Crippen LogP contribution is -2.40. The summed E-state index contributed by atoms with van der Waals surface area (Å²) in [5, 5.41) is -0.0194. The van der Waals surface area contributed by atoms with Gasteiger partial charge in [-0.3, -0.25) is 9.79 Å². The first-order chi connectivity index (χ1) is 7.74. The standard InChI is InChI=1S/C14H22NOP/c1-7-8-12(15-6)17-13(2,3)9-11(16)10-14(17,4)5/h7-8H,1,6,9-10H2,2-5H3/b12-8+. The average molecular weight is 251 g/mol. The Morgan fingerprint density at radius 1 is 1.29 bits per heavy atom. The molecule has 0 aliphatic carbocycles. The number of rotatable bonds is 3. The van der Waals surface area contributed by atoms with Crippen LogP contribution in [0.2, 0.25) is 0 Å². The predicted octanol–water partition coefficient (Wildman–Crippen LogP) is 4.12. The first kappa shape index (κ1) is 14.3. The van der Waals surface area contributed by atoms with E-state index in [0.717, 1.165) is 5.44 Å². The number of allylic oxidation sites excluding steroid dienone is 2. The Morgan fingerprint density at radius 3 is 2.12 bits per heavy atom. The third kappa shape index (κ3) is 2.93. The Morgan fingerprint density at radius 2 is 1.76 bits per heavy atom. The van der Waals surface area contributed by atoms with Gasteiger partial charge in [-0.2, -0.15) is 0 Å². The van der Waals surface area contributed by atoms with Crippen LogP contribution in [0.3, 0.4) is 0 Å². The van der Waals surface area contributed by atoms with E-state index in [2.05, 4.69) is 46.0 Å². The number of nitrogens with zero attached hydrogens (tertiary/aromatic N) is 1. The van der Waals surface area contributed by atoms with Crippen molar-refractivity contribution in [3.05, 3.63) is 24.2 Å². The third-order valence-corrected chi connectivity index (χ3v) is 6.61. The molecule has 0 amide bonds. The number of Topliss-reactive ketones (excluding diaryl/α,β-unsaturated/α-hetero) is 1. The second-order valence-electron chi connectivity index (χ2n) is 5.77. The van der Waals surface area contributed by atoms with Crippen molar-refractivity contribution in [1.82, 2.24) is 0 Å². The lowest BCUT2D eigenvalue weighted by atomic mass is 9.97. The minimum Gasteiger partial charge on any atom is -0.300 e. The van der Waals surface area contributed by atoms with Crippen LogP contribution in [-0.2, 0) is 4.79 Å². The van der Waals surface area contributed by atoms with Crippen LogP contribution in [-0.4, -0.2) is 22.8 Å². The summed E-state index contributed by atoms with van der Waals surface area (Å²) in [5.41, 5.74) is 1.01. The molecule has 1 saturated heterocycles. The van der Waals surface area contributed by atoms with Crippen molar-refractivity contribution in [3.8, 4) is 0 Å². The maximum Gasteiger partial charge on any atom is 0.134 e. The van der Waals surface area contributed by atoms with Gasteiger partial charge in [0.2, 0.25) is 0 Å². The number of ketones is 1. The van der Waals surface area contributed by atoms with Gasteiger partial charge in [-0.25, -0.2) is 0 Å². The number of aliphatic imine (C=N–C) groups is 1. The molecule has 0 saturated carbocycles. The molecule has 0 aromatic rings. The molecule has 3 heteroatoms. The van der Waals surface area contributed by atoms with Crippen LogP contribution >= 0.6 is 7.92 Å². The molecule has 0 spiro atoms. The van der Waals surface area contributed by atoms with Crippen LogP contribution < -0.4 is 0 Å². The first-order valence-electron chi connectivity index (χ1n) is 5.86. The van der Waals surface area contributed by atoms with E-state index in [9.17, 15) is 4.79 Å². The van der Waals surface area contributed by atoms with E-state index in [1.54, 1.807) is 6.08 Å². The van der Waals surface area contributed by atoms with Crippen molar-refractivity contribution in [2.24, 2.45) is 4.99 Å². The summed E-state index contributed by atoms with van der Waals surface area (Å²) in [7, 11) is -0.514. The molecular formula is C14H22NOP. The molecule has 1 fully saturated rings. The highest BCUT2D eigenvalue weighted by Gasteiger charge is 2.48. The molecule has 0 bridgehead atoms. The number of hydrogen-bond acceptors (Lipinski definition) is 2. The Bertz CT molecular complexity index is 360. The van der Waals surface area contributed by atoms with E-state index in [1.165, 1.54) is 0 Å². The highest BCUT2D eigenvalue weighted by molar-refractivity contribution is 7.65.